The Morgan fingerprint density at radius 3 is 2.61 bits per heavy atom. The molecule has 4 aromatic rings. The second-order valence-corrected chi connectivity index (χ2v) is 6.06. The van der Waals surface area contributed by atoms with Gasteiger partial charge in [0, 0.05) is 30.1 Å². The number of ether oxygens (including phenoxy) is 1. The molecule has 0 amide bonds. The highest BCUT2D eigenvalue weighted by Crippen LogP contribution is 2.32. The van der Waals surface area contributed by atoms with Crippen LogP contribution in [0.1, 0.15) is 10.4 Å². The SMILES string of the molecule is O=C(Oc1ccc(-c2cc(=O)c3c(O)cccc3[nH]2)c(O)c1)c1cccnc1. The number of hydrogen-bond donors (Lipinski definition) is 3. The van der Waals surface area contributed by atoms with Gasteiger partial charge in [-0.1, -0.05) is 6.07 Å². The second-order valence-electron chi connectivity index (χ2n) is 6.06. The molecule has 0 aliphatic heterocycles. The highest BCUT2D eigenvalue weighted by atomic mass is 16.5. The van der Waals surface area contributed by atoms with Crippen molar-refractivity contribution in [1.82, 2.24) is 9.97 Å². The van der Waals surface area contributed by atoms with Crippen LogP contribution in [0, 0.1) is 0 Å². The fourth-order valence-corrected chi connectivity index (χ4v) is 2.88. The molecule has 0 aliphatic rings. The third-order valence-electron chi connectivity index (χ3n) is 4.20. The normalized spacial score (nSPS) is 10.7. The van der Waals surface area contributed by atoms with Gasteiger partial charge in [0.2, 0.25) is 0 Å². The fourth-order valence-electron chi connectivity index (χ4n) is 2.88. The number of phenolic OH excluding ortho intramolecular Hbond substituents is 2. The van der Waals surface area contributed by atoms with E-state index in [-0.39, 0.29) is 33.6 Å². The molecule has 0 atom stereocenters. The minimum absolute atomic E-state index is 0.118. The Labute approximate surface area is 158 Å². The number of carbonyl (C=O) groups is 1. The van der Waals surface area contributed by atoms with Gasteiger partial charge in [-0.2, -0.15) is 0 Å². The van der Waals surface area contributed by atoms with E-state index in [0.29, 0.717) is 16.8 Å². The van der Waals surface area contributed by atoms with Crippen molar-refractivity contribution in [1.29, 1.82) is 0 Å². The Hall–Kier alpha value is -4.13. The summed E-state index contributed by atoms with van der Waals surface area (Å²) in [6.07, 6.45) is 2.92. The molecule has 0 saturated carbocycles. The van der Waals surface area contributed by atoms with Crippen LogP contribution in [0.2, 0.25) is 0 Å². The van der Waals surface area contributed by atoms with E-state index in [4.69, 9.17) is 4.74 Å². The topological polar surface area (TPSA) is 113 Å². The monoisotopic (exact) mass is 374 g/mol. The number of carbonyl (C=O) groups excluding carboxylic acids is 1. The van der Waals surface area contributed by atoms with Gasteiger partial charge in [0.1, 0.15) is 17.2 Å². The maximum absolute atomic E-state index is 12.3. The second kappa shape index (κ2) is 6.88. The predicted octanol–water partition coefficient (Wildman–Crippen LogP) is 3.22. The fraction of sp³-hybridized carbons (Fsp3) is 0. The number of nitrogens with one attached hydrogen (secondary N) is 1. The number of H-pyrrole nitrogens is 1. The molecule has 0 fully saturated rings. The average Bonchev–Trinajstić information content (AvgIpc) is 2.68. The van der Waals surface area contributed by atoms with E-state index >= 15 is 0 Å². The van der Waals surface area contributed by atoms with E-state index in [2.05, 4.69) is 9.97 Å². The molecule has 0 aliphatic carbocycles. The number of hydrogen-bond acceptors (Lipinski definition) is 6. The molecule has 2 aromatic carbocycles. The highest BCUT2D eigenvalue weighted by Gasteiger charge is 2.13. The van der Waals surface area contributed by atoms with Gasteiger partial charge in [-0.25, -0.2) is 4.79 Å². The first-order valence-corrected chi connectivity index (χ1v) is 8.33. The van der Waals surface area contributed by atoms with E-state index in [1.165, 1.54) is 36.5 Å². The molecule has 3 N–H and O–H groups in total. The van der Waals surface area contributed by atoms with Crippen molar-refractivity contribution >= 4 is 16.9 Å². The van der Waals surface area contributed by atoms with Crippen molar-refractivity contribution in [2.75, 3.05) is 0 Å². The number of esters is 1. The standard InChI is InChI=1S/C21H14N2O5/c24-17-5-1-4-15-20(17)19(26)10-16(23-15)14-7-6-13(9-18(14)25)28-21(27)12-3-2-8-22-11-12/h1-11,24-25H,(H,23,26). The summed E-state index contributed by atoms with van der Waals surface area (Å²) in [5.41, 5.74) is 1.06. The third kappa shape index (κ3) is 3.16. The minimum atomic E-state index is -0.602. The quantitative estimate of drug-likeness (QED) is 0.375. The van der Waals surface area contributed by atoms with Crippen molar-refractivity contribution in [2.45, 2.75) is 0 Å². The summed E-state index contributed by atoms with van der Waals surface area (Å²) < 4.78 is 5.24. The summed E-state index contributed by atoms with van der Waals surface area (Å²) in [6.45, 7) is 0. The number of nitrogens with zero attached hydrogens (tertiary/aromatic N) is 1. The number of benzene rings is 2. The van der Waals surface area contributed by atoms with Crippen LogP contribution in [0.25, 0.3) is 22.2 Å². The summed E-state index contributed by atoms with van der Waals surface area (Å²) in [5.74, 6) is -0.746. The van der Waals surface area contributed by atoms with Crippen molar-refractivity contribution < 1.29 is 19.7 Å². The van der Waals surface area contributed by atoms with Gasteiger partial charge in [-0.15, -0.1) is 0 Å². The lowest BCUT2D eigenvalue weighted by atomic mass is 10.1. The molecule has 2 heterocycles. The Morgan fingerprint density at radius 2 is 1.86 bits per heavy atom. The van der Waals surface area contributed by atoms with Gasteiger partial charge in [-0.05, 0) is 36.4 Å². The first-order valence-electron chi connectivity index (χ1n) is 8.33. The van der Waals surface area contributed by atoms with Crippen molar-refractivity contribution in [3.05, 3.63) is 82.8 Å². The van der Waals surface area contributed by atoms with Gasteiger partial charge >= 0.3 is 5.97 Å². The van der Waals surface area contributed by atoms with Crippen LogP contribution in [0.3, 0.4) is 0 Å². The van der Waals surface area contributed by atoms with E-state index in [0.717, 1.165) is 0 Å². The molecule has 0 unspecified atom stereocenters. The number of rotatable bonds is 3. The maximum Gasteiger partial charge on any atom is 0.345 e. The highest BCUT2D eigenvalue weighted by molar-refractivity contribution is 5.91. The molecule has 7 nitrogen and oxygen atoms in total. The van der Waals surface area contributed by atoms with Gasteiger partial charge in [0.25, 0.3) is 0 Å². The molecule has 0 bridgehead atoms. The molecule has 0 spiro atoms. The molecule has 0 saturated heterocycles. The van der Waals surface area contributed by atoms with Gasteiger partial charge in [0.05, 0.1) is 22.2 Å². The van der Waals surface area contributed by atoms with Crippen LogP contribution in [-0.4, -0.2) is 26.2 Å². The van der Waals surface area contributed by atoms with E-state index in [1.54, 1.807) is 30.5 Å². The van der Waals surface area contributed by atoms with Crippen LogP contribution in [0.15, 0.2) is 71.8 Å². The Morgan fingerprint density at radius 1 is 1.00 bits per heavy atom. The van der Waals surface area contributed by atoms with Gasteiger partial charge in [0.15, 0.2) is 5.43 Å². The van der Waals surface area contributed by atoms with E-state index in [9.17, 15) is 19.8 Å². The van der Waals surface area contributed by atoms with Crippen LogP contribution in [-0.2, 0) is 0 Å². The number of pyridine rings is 2. The van der Waals surface area contributed by atoms with Crippen molar-refractivity contribution in [2.24, 2.45) is 0 Å². The lowest BCUT2D eigenvalue weighted by molar-refractivity contribution is 0.0734. The van der Waals surface area contributed by atoms with Crippen LogP contribution in [0.5, 0.6) is 17.2 Å². The summed E-state index contributed by atoms with van der Waals surface area (Å²) in [4.78, 5) is 31.3. The first kappa shape index (κ1) is 17.3. The molecule has 4 rings (SSSR count). The summed E-state index contributed by atoms with van der Waals surface area (Å²) >= 11 is 0. The lowest BCUT2D eigenvalue weighted by Gasteiger charge is -2.10. The van der Waals surface area contributed by atoms with Gasteiger partial charge < -0.3 is 19.9 Å². The summed E-state index contributed by atoms with van der Waals surface area (Å²) in [7, 11) is 0. The van der Waals surface area contributed by atoms with Crippen LogP contribution < -0.4 is 10.2 Å². The lowest BCUT2D eigenvalue weighted by Crippen LogP contribution is -2.08. The molecule has 28 heavy (non-hydrogen) atoms. The molecular weight excluding hydrogens is 360 g/mol. The van der Waals surface area contributed by atoms with E-state index in [1.807, 2.05) is 0 Å². The predicted molar refractivity (Wildman–Crippen MR) is 103 cm³/mol. The molecular formula is C21H14N2O5. The number of aromatic nitrogens is 2. The zero-order valence-corrected chi connectivity index (χ0v) is 14.4. The number of fused-ring (bicyclic) bond motifs is 1. The first-order chi connectivity index (χ1) is 13.5. The smallest absolute Gasteiger partial charge is 0.345 e. The molecule has 7 heteroatoms. The Balaban J connectivity index is 1.68. The van der Waals surface area contributed by atoms with Crippen LogP contribution >= 0.6 is 0 Å². The van der Waals surface area contributed by atoms with Crippen molar-refractivity contribution in [3.63, 3.8) is 0 Å². The molecule has 0 radical (unpaired) electrons. The summed E-state index contributed by atoms with van der Waals surface area (Å²) in [6, 6.07) is 13.5. The Bertz CT molecular complexity index is 1250. The number of phenols is 2. The third-order valence-corrected chi connectivity index (χ3v) is 4.20. The van der Waals surface area contributed by atoms with Crippen LogP contribution in [0.4, 0.5) is 0 Å². The Kier molecular flexibility index (Phi) is 4.25. The molecule has 138 valence electrons. The number of aromatic amines is 1. The molecule has 2 aromatic heterocycles. The van der Waals surface area contributed by atoms with Gasteiger partial charge in [-0.3, -0.25) is 9.78 Å². The zero-order valence-electron chi connectivity index (χ0n) is 14.4. The number of aromatic hydroxyl groups is 2. The average molecular weight is 374 g/mol. The largest absolute Gasteiger partial charge is 0.507 e. The zero-order chi connectivity index (χ0) is 19.7. The maximum atomic E-state index is 12.3. The summed E-state index contributed by atoms with van der Waals surface area (Å²) in [5, 5.41) is 20.4. The van der Waals surface area contributed by atoms with E-state index < -0.39 is 5.97 Å². The minimum Gasteiger partial charge on any atom is -0.507 e. The van der Waals surface area contributed by atoms with Crippen molar-refractivity contribution in [3.8, 4) is 28.5 Å².